The second-order valence-electron chi connectivity index (χ2n) is 8.24. The van der Waals surface area contributed by atoms with Crippen LogP contribution < -0.4 is 16.2 Å². The molecule has 7 nitrogen and oxygen atoms in total. The molecular weight excluding hydrogens is 344 g/mol. The van der Waals surface area contributed by atoms with Crippen molar-refractivity contribution >= 4 is 17.6 Å². The van der Waals surface area contributed by atoms with Crippen LogP contribution in [-0.2, 0) is 11.3 Å². The van der Waals surface area contributed by atoms with Gasteiger partial charge in [0.25, 0.3) is 5.56 Å². The number of anilines is 1. The number of likely N-dealkylation sites (tertiary alicyclic amines) is 1. The number of hydrogen-bond donors (Lipinski definition) is 2. The van der Waals surface area contributed by atoms with E-state index in [0.717, 1.165) is 37.8 Å². The number of nitrogens with one attached hydrogen (secondary N) is 2. The molecule has 27 heavy (non-hydrogen) atoms. The lowest BCUT2D eigenvalue weighted by Gasteiger charge is -2.42. The van der Waals surface area contributed by atoms with Crippen LogP contribution >= 0.6 is 0 Å². The van der Waals surface area contributed by atoms with Crippen LogP contribution in [0.25, 0.3) is 0 Å². The summed E-state index contributed by atoms with van der Waals surface area (Å²) in [5.41, 5.74) is 1.16. The van der Waals surface area contributed by atoms with Crippen LogP contribution in [0.1, 0.15) is 57.1 Å². The zero-order valence-electron chi connectivity index (χ0n) is 15.9. The lowest BCUT2D eigenvalue weighted by Crippen LogP contribution is -2.49. The third-order valence-corrected chi connectivity index (χ3v) is 6.24. The average Bonchev–Trinajstić information content (AvgIpc) is 2.65. The van der Waals surface area contributed by atoms with Crippen molar-refractivity contribution in [2.75, 3.05) is 18.4 Å². The Labute approximate surface area is 159 Å². The van der Waals surface area contributed by atoms with E-state index in [4.69, 9.17) is 0 Å². The second kappa shape index (κ2) is 7.37. The first-order chi connectivity index (χ1) is 13.0. The van der Waals surface area contributed by atoms with Crippen LogP contribution in [0.15, 0.2) is 16.9 Å². The summed E-state index contributed by atoms with van der Waals surface area (Å²) in [5.74, 6) is 0.585. The van der Waals surface area contributed by atoms with Crippen molar-refractivity contribution in [3.63, 3.8) is 0 Å². The van der Waals surface area contributed by atoms with Gasteiger partial charge in [0.05, 0.1) is 0 Å². The van der Waals surface area contributed by atoms with Crippen LogP contribution in [0.5, 0.6) is 0 Å². The molecule has 0 unspecified atom stereocenters. The zero-order valence-corrected chi connectivity index (χ0v) is 15.9. The predicted molar refractivity (Wildman–Crippen MR) is 103 cm³/mol. The molecule has 2 bridgehead atoms. The molecule has 0 aromatic carbocycles. The Morgan fingerprint density at radius 2 is 1.85 bits per heavy atom. The van der Waals surface area contributed by atoms with Gasteiger partial charge in [-0.15, -0.1) is 0 Å². The highest BCUT2D eigenvalue weighted by Gasteiger charge is 2.35. The number of urea groups is 1. The monoisotopic (exact) mass is 372 g/mol. The van der Waals surface area contributed by atoms with Crippen molar-refractivity contribution in [2.24, 2.45) is 5.92 Å². The Hall–Kier alpha value is -2.31. The maximum absolute atomic E-state index is 12.9. The Kier molecular flexibility index (Phi) is 4.93. The van der Waals surface area contributed by atoms with E-state index in [1.807, 2.05) is 11.0 Å². The molecule has 1 saturated carbocycles. The number of piperidine rings is 1. The van der Waals surface area contributed by atoms with Crippen molar-refractivity contribution in [3.8, 4) is 0 Å². The molecule has 3 aliphatic rings. The second-order valence-corrected chi connectivity index (χ2v) is 8.24. The molecule has 2 atom stereocenters. The third-order valence-electron chi connectivity index (χ3n) is 6.24. The van der Waals surface area contributed by atoms with Crippen LogP contribution in [0.3, 0.4) is 0 Å². The first-order valence-electron chi connectivity index (χ1n) is 10.1. The largest absolute Gasteiger partial charge is 0.342 e. The standard InChI is InChI=1S/C20H28N4O3/c1-13(25)23-10-14-9-15(12-23)18-8-7-17(19(26)24(18)11-14)22-20(27)21-16-5-3-2-4-6-16/h7-8,14-16H,2-6,9-12H2,1H3,(H2,21,22,27)/t14-,15-/m1/s1. The molecule has 7 heteroatoms. The minimum Gasteiger partial charge on any atom is -0.342 e. The highest BCUT2D eigenvalue weighted by molar-refractivity contribution is 5.89. The van der Waals surface area contributed by atoms with Gasteiger partial charge in [-0.3, -0.25) is 9.59 Å². The molecule has 1 aromatic rings. The summed E-state index contributed by atoms with van der Waals surface area (Å²) in [4.78, 5) is 38.9. The van der Waals surface area contributed by atoms with E-state index in [1.54, 1.807) is 17.6 Å². The molecule has 2 aliphatic heterocycles. The molecule has 146 valence electrons. The summed E-state index contributed by atoms with van der Waals surface area (Å²) in [6, 6.07) is 3.55. The molecule has 3 heterocycles. The number of aromatic nitrogens is 1. The van der Waals surface area contributed by atoms with Crippen molar-refractivity contribution in [1.29, 1.82) is 0 Å². The number of nitrogens with zero attached hydrogens (tertiary/aromatic N) is 2. The molecular formula is C20H28N4O3. The van der Waals surface area contributed by atoms with Gasteiger partial charge in [-0.1, -0.05) is 19.3 Å². The van der Waals surface area contributed by atoms with Gasteiger partial charge in [0.1, 0.15) is 5.69 Å². The zero-order chi connectivity index (χ0) is 19.0. The van der Waals surface area contributed by atoms with Gasteiger partial charge in [-0.25, -0.2) is 4.79 Å². The molecule has 0 radical (unpaired) electrons. The van der Waals surface area contributed by atoms with Crippen molar-refractivity contribution in [1.82, 2.24) is 14.8 Å². The molecule has 1 aromatic heterocycles. The van der Waals surface area contributed by atoms with Crippen LogP contribution in [0.4, 0.5) is 10.5 Å². The van der Waals surface area contributed by atoms with Crippen molar-refractivity contribution in [3.05, 3.63) is 28.2 Å². The summed E-state index contributed by atoms with van der Waals surface area (Å²) < 4.78 is 1.80. The Morgan fingerprint density at radius 1 is 1.07 bits per heavy atom. The minimum absolute atomic E-state index is 0.0955. The number of carbonyl (C=O) groups is 2. The van der Waals surface area contributed by atoms with E-state index < -0.39 is 0 Å². The van der Waals surface area contributed by atoms with E-state index in [2.05, 4.69) is 10.6 Å². The van der Waals surface area contributed by atoms with Gasteiger partial charge >= 0.3 is 6.03 Å². The molecule has 4 rings (SSSR count). The highest BCUT2D eigenvalue weighted by atomic mass is 16.2. The lowest BCUT2D eigenvalue weighted by atomic mass is 9.83. The Bertz CT molecular complexity index is 797. The summed E-state index contributed by atoms with van der Waals surface area (Å²) in [5, 5.41) is 5.74. The molecule has 2 N–H and O–H groups in total. The van der Waals surface area contributed by atoms with Crippen LogP contribution in [0, 0.1) is 5.92 Å². The van der Waals surface area contributed by atoms with Crippen LogP contribution in [-0.4, -0.2) is 40.5 Å². The molecule has 3 amide bonds. The molecule has 1 saturated heterocycles. The van der Waals surface area contributed by atoms with Gasteiger partial charge in [-0.05, 0) is 37.3 Å². The van der Waals surface area contributed by atoms with E-state index in [0.29, 0.717) is 31.2 Å². The van der Waals surface area contributed by atoms with Gasteiger partial charge in [0.15, 0.2) is 0 Å². The number of fused-ring (bicyclic) bond motifs is 4. The quantitative estimate of drug-likeness (QED) is 0.835. The summed E-state index contributed by atoms with van der Waals surface area (Å²) in [6.07, 6.45) is 6.55. The van der Waals surface area contributed by atoms with Crippen molar-refractivity contribution < 1.29 is 9.59 Å². The first-order valence-corrected chi connectivity index (χ1v) is 10.1. The first kappa shape index (κ1) is 18.1. The number of pyridine rings is 1. The van der Waals surface area contributed by atoms with Crippen LogP contribution in [0.2, 0.25) is 0 Å². The number of rotatable bonds is 2. The van der Waals surface area contributed by atoms with Gasteiger partial charge < -0.3 is 20.1 Å². The highest BCUT2D eigenvalue weighted by Crippen LogP contribution is 2.35. The number of amides is 3. The summed E-state index contributed by atoms with van der Waals surface area (Å²) >= 11 is 0. The Balaban J connectivity index is 1.49. The predicted octanol–water partition coefficient (Wildman–Crippen LogP) is 2.27. The van der Waals surface area contributed by atoms with E-state index in [1.165, 1.54) is 6.42 Å². The lowest BCUT2D eigenvalue weighted by molar-refractivity contribution is -0.131. The van der Waals surface area contributed by atoms with E-state index in [9.17, 15) is 14.4 Å². The SMILES string of the molecule is CC(=O)N1C[C@H]2C[C@H](C1)c1ccc(NC(=O)NC3CCCCC3)c(=O)n1C2. The van der Waals surface area contributed by atoms with Gasteiger partial charge in [0, 0.05) is 44.2 Å². The Morgan fingerprint density at radius 3 is 2.59 bits per heavy atom. The smallest absolute Gasteiger partial charge is 0.319 e. The normalized spacial score (nSPS) is 24.9. The molecule has 2 fully saturated rings. The minimum atomic E-state index is -0.293. The third kappa shape index (κ3) is 3.73. The van der Waals surface area contributed by atoms with E-state index >= 15 is 0 Å². The number of carbonyl (C=O) groups excluding carboxylic acids is 2. The fraction of sp³-hybridized carbons (Fsp3) is 0.650. The summed E-state index contributed by atoms with van der Waals surface area (Å²) in [6.45, 7) is 3.58. The molecule has 0 spiro atoms. The average molecular weight is 372 g/mol. The van der Waals surface area contributed by atoms with Gasteiger partial charge in [0.2, 0.25) is 5.91 Å². The van der Waals surface area contributed by atoms with Crippen molar-refractivity contribution in [2.45, 2.75) is 64.0 Å². The fourth-order valence-electron chi connectivity index (χ4n) is 4.89. The maximum atomic E-state index is 12.9. The van der Waals surface area contributed by atoms with E-state index in [-0.39, 0.29) is 29.5 Å². The molecule has 1 aliphatic carbocycles. The maximum Gasteiger partial charge on any atom is 0.319 e. The van der Waals surface area contributed by atoms with Gasteiger partial charge in [-0.2, -0.15) is 0 Å². The fourth-order valence-corrected chi connectivity index (χ4v) is 4.89. The number of hydrogen-bond acceptors (Lipinski definition) is 3. The topological polar surface area (TPSA) is 83.4 Å². The summed E-state index contributed by atoms with van der Waals surface area (Å²) in [7, 11) is 0.